The monoisotopic (exact) mass is 311 g/mol. The molecule has 0 aromatic heterocycles. The third-order valence-electron chi connectivity index (χ3n) is 4.98. The molecule has 4 nitrogen and oxygen atoms in total. The standard InChI is InChI=1S/C19H21NO3/c1-11-12(8-9-20(2)3)17-15(10-16(11)21)18(22)13-6-4-5-7-14(13)19(17)23/h4-7,11-12H,8-10H2,1-3H3. The van der Waals surface area contributed by atoms with Crippen molar-refractivity contribution in [3.8, 4) is 0 Å². The Morgan fingerprint density at radius 1 is 1.04 bits per heavy atom. The lowest BCUT2D eigenvalue weighted by Crippen LogP contribution is -2.38. The molecule has 0 bridgehead atoms. The molecule has 0 spiro atoms. The number of carbonyl (C=O) groups is 3. The molecule has 120 valence electrons. The quantitative estimate of drug-likeness (QED) is 0.861. The fourth-order valence-corrected chi connectivity index (χ4v) is 3.62. The largest absolute Gasteiger partial charge is 0.309 e. The molecule has 0 radical (unpaired) electrons. The molecule has 0 fully saturated rings. The maximum atomic E-state index is 13.0. The van der Waals surface area contributed by atoms with Gasteiger partial charge in [0.05, 0.1) is 0 Å². The van der Waals surface area contributed by atoms with Gasteiger partial charge in [-0.2, -0.15) is 0 Å². The molecule has 0 N–H and O–H groups in total. The summed E-state index contributed by atoms with van der Waals surface area (Å²) in [5, 5.41) is 0. The molecule has 0 heterocycles. The first-order chi connectivity index (χ1) is 10.9. The van der Waals surface area contributed by atoms with Crippen LogP contribution in [0.2, 0.25) is 0 Å². The van der Waals surface area contributed by atoms with E-state index >= 15 is 0 Å². The van der Waals surface area contributed by atoms with Gasteiger partial charge in [0, 0.05) is 34.6 Å². The zero-order chi connectivity index (χ0) is 16.7. The fourth-order valence-electron chi connectivity index (χ4n) is 3.62. The second kappa shape index (κ2) is 5.85. The molecule has 4 heteroatoms. The summed E-state index contributed by atoms with van der Waals surface area (Å²) in [6, 6.07) is 6.92. The van der Waals surface area contributed by atoms with Crippen LogP contribution in [0.1, 0.15) is 40.5 Å². The van der Waals surface area contributed by atoms with Gasteiger partial charge in [-0.05, 0) is 33.0 Å². The van der Waals surface area contributed by atoms with Crippen molar-refractivity contribution in [3.05, 3.63) is 46.5 Å². The minimum absolute atomic E-state index is 0.0630. The van der Waals surface area contributed by atoms with Gasteiger partial charge in [0.1, 0.15) is 5.78 Å². The first-order valence-electron chi connectivity index (χ1n) is 8.00. The third-order valence-corrected chi connectivity index (χ3v) is 4.98. The predicted molar refractivity (Wildman–Crippen MR) is 87.6 cm³/mol. The Hall–Kier alpha value is -2.07. The van der Waals surface area contributed by atoms with E-state index in [2.05, 4.69) is 0 Å². The highest BCUT2D eigenvalue weighted by Crippen LogP contribution is 2.41. The number of allylic oxidation sites excluding steroid dienone is 2. The molecule has 2 unspecified atom stereocenters. The molecule has 2 atom stereocenters. The maximum absolute atomic E-state index is 13.0. The topological polar surface area (TPSA) is 54.5 Å². The zero-order valence-electron chi connectivity index (χ0n) is 13.8. The van der Waals surface area contributed by atoms with E-state index in [1.165, 1.54) is 0 Å². The number of fused-ring (bicyclic) bond motifs is 1. The highest BCUT2D eigenvalue weighted by Gasteiger charge is 2.43. The molecule has 1 aromatic carbocycles. The summed E-state index contributed by atoms with van der Waals surface area (Å²) in [4.78, 5) is 40.1. The smallest absolute Gasteiger partial charge is 0.190 e. The summed E-state index contributed by atoms with van der Waals surface area (Å²) in [7, 11) is 3.93. The predicted octanol–water partition coefficient (Wildman–Crippen LogP) is 2.54. The van der Waals surface area contributed by atoms with Crippen molar-refractivity contribution in [2.75, 3.05) is 20.6 Å². The summed E-state index contributed by atoms with van der Waals surface area (Å²) >= 11 is 0. The van der Waals surface area contributed by atoms with Gasteiger partial charge in [0.15, 0.2) is 11.6 Å². The van der Waals surface area contributed by atoms with Crippen LogP contribution in [0, 0.1) is 11.8 Å². The number of hydrogen-bond acceptors (Lipinski definition) is 4. The van der Waals surface area contributed by atoms with Gasteiger partial charge in [-0.25, -0.2) is 0 Å². The van der Waals surface area contributed by atoms with Gasteiger partial charge in [-0.3, -0.25) is 14.4 Å². The second-order valence-electron chi connectivity index (χ2n) is 6.73. The van der Waals surface area contributed by atoms with Crippen LogP contribution in [0.25, 0.3) is 0 Å². The van der Waals surface area contributed by atoms with E-state index in [0.29, 0.717) is 28.7 Å². The van der Waals surface area contributed by atoms with E-state index in [4.69, 9.17) is 0 Å². The van der Waals surface area contributed by atoms with Crippen LogP contribution in [-0.2, 0) is 4.79 Å². The van der Waals surface area contributed by atoms with Crippen LogP contribution in [0.4, 0.5) is 0 Å². The van der Waals surface area contributed by atoms with E-state index in [9.17, 15) is 14.4 Å². The van der Waals surface area contributed by atoms with Crippen molar-refractivity contribution in [1.82, 2.24) is 4.90 Å². The van der Waals surface area contributed by atoms with E-state index < -0.39 is 0 Å². The first-order valence-corrected chi connectivity index (χ1v) is 8.00. The highest BCUT2D eigenvalue weighted by atomic mass is 16.1. The Labute approximate surface area is 136 Å². The van der Waals surface area contributed by atoms with Gasteiger partial charge >= 0.3 is 0 Å². The van der Waals surface area contributed by atoms with Crippen molar-refractivity contribution in [2.45, 2.75) is 19.8 Å². The Bertz CT molecular complexity index is 730. The molecule has 0 saturated heterocycles. The molecule has 0 aliphatic heterocycles. The molecule has 1 aromatic rings. The zero-order valence-corrected chi connectivity index (χ0v) is 13.8. The maximum Gasteiger partial charge on any atom is 0.190 e. The summed E-state index contributed by atoms with van der Waals surface area (Å²) in [6.45, 7) is 2.66. The van der Waals surface area contributed by atoms with Crippen LogP contribution >= 0.6 is 0 Å². The summed E-state index contributed by atoms with van der Waals surface area (Å²) in [6.07, 6.45) is 0.799. The lowest BCUT2D eigenvalue weighted by molar-refractivity contribution is -0.123. The Morgan fingerprint density at radius 3 is 2.26 bits per heavy atom. The number of hydrogen-bond donors (Lipinski definition) is 0. The van der Waals surface area contributed by atoms with Crippen LogP contribution in [-0.4, -0.2) is 42.9 Å². The van der Waals surface area contributed by atoms with E-state index in [0.717, 1.165) is 6.54 Å². The van der Waals surface area contributed by atoms with Gasteiger partial charge in [-0.15, -0.1) is 0 Å². The molecular formula is C19H21NO3. The fraction of sp³-hybridized carbons (Fsp3) is 0.421. The number of nitrogens with zero attached hydrogens (tertiary/aromatic N) is 1. The number of Topliss-reactive ketones (excluding diaryl/α,β-unsaturated/α-hetero) is 3. The van der Waals surface area contributed by atoms with Crippen molar-refractivity contribution in [1.29, 1.82) is 0 Å². The number of carbonyl (C=O) groups excluding carboxylic acids is 3. The second-order valence-corrected chi connectivity index (χ2v) is 6.73. The summed E-state index contributed by atoms with van der Waals surface area (Å²) < 4.78 is 0. The van der Waals surface area contributed by atoms with Gasteiger partial charge in [0.2, 0.25) is 0 Å². The van der Waals surface area contributed by atoms with Crippen molar-refractivity contribution in [2.24, 2.45) is 11.8 Å². The number of ketones is 3. The van der Waals surface area contributed by atoms with Crippen molar-refractivity contribution >= 4 is 17.3 Å². The molecule has 0 amide bonds. The lowest BCUT2D eigenvalue weighted by Gasteiger charge is -2.35. The van der Waals surface area contributed by atoms with E-state index in [1.54, 1.807) is 24.3 Å². The molecule has 2 aliphatic carbocycles. The van der Waals surface area contributed by atoms with Crippen LogP contribution in [0.5, 0.6) is 0 Å². The Balaban J connectivity index is 2.09. The van der Waals surface area contributed by atoms with Crippen LogP contribution in [0.3, 0.4) is 0 Å². The van der Waals surface area contributed by atoms with Gasteiger partial charge in [0.25, 0.3) is 0 Å². The molecule has 3 rings (SSSR count). The van der Waals surface area contributed by atoms with Crippen LogP contribution in [0.15, 0.2) is 35.4 Å². The number of benzene rings is 1. The molecule has 0 saturated carbocycles. The minimum Gasteiger partial charge on any atom is -0.309 e. The van der Waals surface area contributed by atoms with Crippen LogP contribution < -0.4 is 0 Å². The minimum atomic E-state index is -0.212. The van der Waals surface area contributed by atoms with E-state index in [-0.39, 0.29) is 35.6 Å². The number of rotatable bonds is 3. The summed E-state index contributed by atoms with van der Waals surface area (Å²) in [5.41, 5.74) is 1.93. The van der Waals surface area contributed by atoms with Crippen molar-refractivity contribution < 1.29 is 14.4 Å². The first kappa shape index (κ1) is 15.8. The molecular weight excluding hydrogens is 290 g/mol. The average Bonchev–Trinajstić information content (AvgIpc) is 2.53. The molecule has 23 heavy (non-hydrogen) atoms. The third kappa shape index (κ3) is 2.57. The average molecular weight is 311 g/mol. The summed E-state index contributed by atoms with van der Waals surface area (Å²) in [5.74, 6) is -0.536. The normalized spacial score (nSPS) is 24.1. The van der Waals surface area contributed by atoms with Gasteiger partial charge in [-0.1, -0.05) is 31.2 Å². The van der Waals surface area contributed by atoms with Gasteiger partial charge < -0.3 is 4.90 Å². The SMILES string of the molecule is CC1C(=O)CC2=C(C(=O)c3ccccc3C2=O)C1CCN(C)C. The lowest BCUT2D eigenvalue weighted by atomic mass is 9.67. The molecule has 2 aliphatic rings. The Morgan fingerprint density at radius 2 is 1.65 bits per heavy atom. The highest BCUT2D eigenvalue weighted by molar-refractivity contribution is 6.28. The van der Waals surface area contributed by atoms with E-state index in [1.807, 2.05) is 25.9 Å². The Kier molecular flexibility index (Phi) is 4.02. The van der Waals surface area contributed by atoms with Crippen molar-refractivity contribution in [3.63, 3.8) is 0 Å².